The van der Waals surface area contributed by atoms with E-state index in [4.69, 9.17) is 9.84 Å². The number of benzene rings is 1. The molecule has 1 aliphatic carbocycles. The number of hydrogen-bond acceptors (Lipinski definition) is 7. The lowest BCUT2D eigenvalue weighted by atomic mass is 9.68. The van der Waals surface area contributed by atoms with Gasteiger partial charge in [0.1, 0.15) is 0 Å². The van der Waals surface area contributed by atoms with E-state index in [0.717, 1.165) is 5.56 Å². The normalized spacial score (nSPS) is 30.1. The summed E-state index contributed by atoms with van der Waals surface area (Å²) >= 11 is 0. The monoisotopic (exact) mass is 436 g/mol. The number of carbonyl (C=O) groups is 3. The molecule has 31 heavy (non-hydrogen) atoms. The highest BCUT2D eigenvalue weighted by Crippen LogP contribution is 2.44. The zero-order chi connectivity index (χ0) is 22.8. The summed E-state index contributed by atoms with van der Waals surface area (Å²) in [5, 5.41) is 31.1. The van der Waals surface area contributed by atoms with Gasteiger partial charge < -0.3 is 20.6 Å². The van der Waals surface area contributed by atoms with Gasteiger partial charge in [0.15, 0.2) is 22.6 Å². The van der Waals surface area contributed by atoms with Crippen molar-refractivity contribution in [2.45, 2.75) is 62.1 Å². The smallest absolute Gasteiger partial charge is 0.399 e. The van der Waals surface area contributed by atoms with Crippen LogP contribution >= 0.6 is 0 Å². The van der Waals surface area contributed by atoms with Gasteiger partial charge in [0.25, 0.3) is 5.78 Å². The second-order valence-corrected chi connectivity index (χ2v) is 7.89. The average molecular weight is 436 g/mol. The summed E-state index contributed by atoms with van der Waals surface area (Å²) in [5.41, 5.74) is 2.01. The molecule has 11 heteroatoms. The van der Waals surface area contributed by atoms with Crippen LogP contribution < -0.4 is 10.7 Å². The number of carboxylic acid groups (broad SMARTS) is 2. The van der Waals surface area contributed by atoms with E-state index in [2.05, 4.69) is 10.7 Å². The van der Waals surface area contributed by atoms with Crippen LogP contribution in [0.5, 0.6) is 0 Å². The molecular formula is C20H26N3O8+. The zero-order valence-electron chi connectivity index (χ0n) is 17.0. The lowest BCUT2D eigenvalue weighted by Crippen LogP contribution is -2.56. The SMILES string of the molecule is CCNC1(c2ccccc2)CCC2(CC1)N[N+](=O)C(OC(C(=O)O)C(O)C(=O)O)C2=O. The summed E-state index contributed by atoms with van der Waals surface area (Å²) in [6.45, 7) is 2.69. The van der Waals surface area contributed by atoms with Gasteiger partial charge in [0.05, 0.1) is 4.91 Å². The van der Waals surface area contributed by atoms with Gasteiger partial charge in [-0.2, -0.15) is 0 Å². The van der Waals surface area contributed by atoms with Gasteiger partial charge in [-0.25, -0.2) is 9.59 Å². The molecule has 0 amide bonds. The zero-order valence-corrected chi connectivity index (χ0v) is 17.0. The topological polar surface area (TPSA) is 165 Å². The number of hydrazine groups is 1. The Kier molecular flexibility index (Phi) is 6.39. The van der Waals surface area contributed by atoms with E-state index in [0.29, 0.717) is 19.4 Å². The minimum atomic E-state index is -2.43. The van der Waals surface area contributed by atoms with Gasteiger partial charge in [-0.1, -0.05) is 37.3 Å². The van der Waals surface area contributed by atoms with Crippen molar-refractivity contribution in [3.63, 3.8) is 0 Å². The molecule has 1 spiro atoms. The molecule has 1 heterocycles. The molecule has 168 valence electrons. The second-order valence-electron chi connectivity index (χ2n) is 7.89. The van der Waals surface area contributed by atoms with Crippen LogP contribution in [-0.2, 0) is 24.7 Å². The van der Waals surface area contributed by atoms with Crippen molar-refractivity contribution < 1.29 is 39.3 Å². The van der Waals surface area contributed by atoms with Crippen LogP contribution in [-0.4, -0.2) is 68.4 Å². The molecule has 0 aromatic heterocycles. The molecule has 0 bridgehead atoms. The minimum Gasteiger partial charge on any atom is -0.479 e. The van der Waals surface area contributed by atoms with Crippen molar-refractivity contribution in [3.05, 3.63) is 40.8 Å². The number of rotatable bonds is 8. The molecule has 2 fully saturated rings. The molecule has 5 N–H and O–H groups in total. The number of nitroso groups, excluding NO2 is 1. The van der Waals surface area contributed by atoms with Gasteiger partial charge in [0, 0.05) is 5.54 Å². The second kappa shape index (κ2) is 8.69. The highest BCUT2D eigenvalue weighted by atomic mass is 16.6. The van der Waals surface area contributed by atoms with Gasteiger partial charge in [-0.15, -0.1) is 5.43 Å². The van der Waals surface area contributed by atoms with Crippen molar-refractivity contribution >= 4 is 17.7 Å². The Bertz CT molecular complexity index is 866. The van der Waals surface area contributed by atoms with Crippen LogP contribution in [0.4, 0.5) is 0 Å². The number of aliphatic hydroxyl groups excluding tert-OH is 1. The predicted octanol–water partition coefficient (Wildman–Crippen LogP) is -0.0882. The largest absolute Gasteiger partial charge is 0.479 e. The van der Waals surface area contributed by atoms with Gasteiger partial charge in [-0.3, -0.25) is 9.53 Å². The number of nitrogens with one attached hydrogen (secondary N) is 2. The molecule has 3 atom stereocenters. The molecule has 1 saturated heterocycles. The van der Waals surface area contributed by atoms with E-state index < -0.39 is 41.7 Å². The average Bonchev–Trinajstić information content (AvgIpc) is 2.97. The van der Waals surface area contributed by atoms with Crippen molar-refractivity contribution in [1.29, 1.82) is 0 Å². The lowest BCUT2D eigenvalue weighted by molar-refractivity contribution is -0.658. The Balaban J connectivity index is 1.79. The van der Waals surface area contributed by atoms with Gasteiger partial charge in [-0.05, 0) is 37.8 Å². The van der Waals surface area contributed by atoms with Crippen LogP contribution in [0.15, 0.2) is 30.3 Å². The van der Waals surface area contributed by atoms with Crippen molar-refractivity contribution in [3.8, 4) is 0 Å². The van der Waals surface area contributed by atoms with E-state index in [1.807, 2.05) is 37.3 Å². The summed E-state index contributed by atoms with van der Waals surface area (Å²) < 4.78 is 4.99. The van der Waals surface area contributed by atoms with Crippen molar-refractivity contribution in [2.75, 3.05) is 6.54 Å². The fourth-order valence-electron chi connectivity index (χ4n) is 4.45. The number of ketones is 1. The van der Waals surface area contributed by atoms with Gasteiger partial charge in [0.2, 0.25) is 0 Å². The van der Waals surface area contributed by atoms with Crippen LogP contribution in [0.3, 0.4) is 0 Å². The van der Waals surface area contributed by atoms with Crippen molar-refractivity contribution in [2.24, 2.45) is 0 Å². The highest BCUT2D eigenvalue weighted by molar-refractivity contribution is 5.93. The Morgan fingerprint density at radius 2 is 1.81 bits per heavy atom. The van der Waals surface area contributed by atoms with Crippen LogP contribution in [0.2, 0.25) is 0 Å². The summed E-state index contributed by atoms with van der Waals surface area (Å²) in [4.78, 5) is 47.8. The van der Waals surface area contributed by atoms with Crippen LogP contribution in [0.1, 0.15) is 38.2 Å². The third-order valence-electron chi connectivity index (χ3n) is 6.09. The number of ether oxygens (including phenoxy) is 1. The summed E-state index contributed by atoms with van der Waals surface area (Å²) in [7, 11) is 0. The third kappa shape index (κ3) is 4.16. The number of aliphatic hydroxyl groups is 1. The molecule has 2 aliphatic rings. The Morgan fingerprint density at radius 3 is 2.32 bits per heavy atom. The maximum absolute atomic E-state index is 13.1. The molecule has 1 saturated carbocycles. The fraction of sp³-hybridized carbons (Fsp3) is 0.550. The number of aliphatic carboxylic acids is 2. The molecule has 3 unspecified atom stereocenters. The summed E-state index contributed by atoms with van der Waals surface area (Å²) in [6.07, 6.45) is -4.95. The first-order valence-corrected chi connectivity index (χ1v) is 10.0. The number of hydrogen-bond donors (Lipinski definition) is 5. The first-order valence-electron chi connectivity index (χ1n) is 10.0. The summed E-state index contributed by atoms with van der Waals surface area (Å²) in [5.74, 6) is -4.31. The fourth-order valence-corrected chi connectivity index (χ4v) is 4.45. The molecule has 1 aromatic carbocycles. The number of carbonyl (C=O) groups excluding carboxylic acids is 1. The molecule has 1 aliphatic heterocycles. The predicted molar refractivity (Wildman–Crippen MR) is 105 cm³/mol. The molecule has 0 radical (unpaired) electrons. The highest BCUT2D eigenvalue weighted by Gasteiger charge is 2.64. The Morgan fingerprint density at radius 1 is 1.19 bits per heavy atom. The first kappa shape index (κ1) is 22.8. The van der Waals surface area contributed by atoms with E-state index in [9.17, 15) is 29.5 Å². The maximum Gasteiger partial charge on any atom is 0.399 e. The third-order valence-corrected chi connectivity index (χ3v) is 6.09. The number of Topliss-reactive ketones (excluding diaryl/α,β-unsaturated/α-hetero) is 1. The number of carboxylic acids is 2. The van der Waals surface area contributed by atoms with E-state index in [1.165, 1.54) is 0 Å². The van der Waals surface area contributed by atoms with E-state index >= 15 is 0 Å². The lowest BCUT2D eigenvalue weighted by Gasteiger charge is -2.43. The van der Waals surface area contributed by atoms with E-state index in [-0.39, 0.29) is 23.2 Å². The maximum atomic E-state index is 13.1. The summed E-state index contributed by atoms with van der Waals surface area (Å²) in [6, 6.07) is 9.78. The Hall–Kier alpha value is -2.89. The van der Waals surface area contributed by atoms with Crippen molar-refractivity contribution in [1.82, 2.24) is 10.7 Å². The van der Waals surface area contributed by atoms with E-state index in [1.54, 1.807) is 0 Å². The minimum absolute atomic E-state index is 0.107. The Labute approximate surface area is 177 Å². The first-order chi connectivity index (χ1) is 14.7. The molecule has 1 aromatic rings. The quantitative estimate of drug-likeness (QED) is 0.348. The standard InChI is InChI=1S/C20H25N3O8/c1-2-21-19(12-6-4-3-5-7-12)8-10-20(11-9-19)15(25)16(23(30)22-20)31-14(18(28)29)13(24)17(26)27/h3-7,13-14,16,21,24H,2,8-11H2,1H3,(H2-,22,26,27,28,29,30)/p+1. The molecule has 11 nitrogen and oxygen atoms in total. The number of nitrogens with zero attached hydrogens (tertiary/aromatic N) is 1. The molecular weight excluding hydrogens is 410 g/mol. The van der Waals surface area contributed by atoms with Crippen LogP contribution in [0.25, 0.3) is 0 Å². The van der Waals surface area contributed by atoms with Gasteiger partial charge >= 0.3 is 18.2 Å². The van der Waals surface area contributed by atoms with Crippen LogP contribution in [0, 0.1) is 4.91 Å². The molecule has 3 rings (SSSR count).